The number of ether oxygens (including phenoxy) is 2. The molecule has 0 bridgehead atoms. The van der Waals surface area contributed by atoms with E-state index in [1.165, 1.54) is 6.42 Å². The second-order valence-corrected chi connectivity index (χ2v) is 6.08. The summed E-state index contributed by atoms with van der Waals surface area (Å²) in [6, 6.07) is 6.10. The van der Waals surface area contributed by atoms with Gasteiger partial charge in [-0.25, -0.2) is 0 Å². The fraction of sp³-hybridized carbons (Fsp3) is 0.588. The van der Waals surface area contributed by atoms with Gasteiger partial charge in [-0.1, -0.05) is 12.1 Å². The lowest BCUT2D eigenvalue weighted by Gasteiger charge is -2.39. The Morgan fingerprint density at radius 2 is 2.48 bits per heavy atom. The summed E-state index contributed by atoms with van der Waals surface area (Å²) in [6.45, 7) is 8.05. The molecular weight excluding hydrogens is 264 g/mol. The second kappa shape index (κ2) is 6.69. The van der Waals surface area contributed by atoms with Crippen molar-refractivity contribution in [2.45, 2.75) is 37.5 Å². The van der Waals surface area contributed by atoms with Gasteiger partial charge in [-0.3, -0.25) is 9.88 Å². The van der Waals surface area contributed by atoms with Gasteiger partial charge in [0.2, 0.25) is 0 Å². The molecule has 0 aromatic carbocycles. The van der Waals surface area contributed by atoms with Crippen LogP contribution in [-0.2, 0) is 16.0 Å². The molecule has 0 radical (unpaired) electrons. The van der Waals surface area contributed by atoms with Crippen LogP contribution < -0.4 is 0 Å². The molecule has 4 nitrogen and oxygen atoms in total. The van der Waals surface area contributed by atoms with Gasteiger partial charge >= 0.3 is 0 Å². The van der Waals surface area contributed by atoms with Crippen molar-refractivity contribution in [2.75, 3.05) is 26.3 Å². The third-order valence-electron chi connectivity index (χ3n) is 4.36. The van der Waals surface area contributed by atoms with Gasteiger partial charge in [0, 0.05) is 25.7 Å². The van der Waals surface area contributed by atoms with Gasteiger partial charge in [0.05, 0.1) is 30.6 Å². The number of nitrogens with zero attached hydrogens (tertiary/aromatic N) is 2. The fourth-order valence-corrected chi connectivity index (χ4v) is 3.44. The van der Waals surface area contributed by atoms with Crippen molar-refractivity contribution in [1.82, 2.24) is 9.88 Å². The number of likely N-dealkylation sites (tertiary alicyclic amines) is 1. The van der Waals surface area contributed by atoms with Crippen LogP contribution in [0.15, 0.2) is 37.1 Å². The van der Waals surface area contributed by atoms with Crippen LogP contribution >= 0.6 is 0 Å². The number of rotatable bonds is 5. The van der Waals surface area contributed by atoms with E-state index in [4.69, 9.17) is 9.47 Å². The summed E-state index contributed by atoms with van der Waals surface area (Å²) in [5.74, 6) is 0. The average Bonchev–Trinajstić information content (AvgIpc) is 2.89. The molecule has 1 spiro atoms. The summed E-state index contributed by atoms with van der Waals surface area (Å²) in [5.41, 5.74) is 1.12. The van der Waals surface area contributed by atoms with Crippen molar-refractivity contribution >= 4 is 0 Å². The lowest BCUT2D eigenvalue weighted by molar-refractivity contribution is -0.0546. The molecule has 2 aliphatic rings. The van der Waals surface area contributed by atoms with Crippen molar-refractivity contribution in [3.8, 4) is 0 Å². The first-order valence-corrected chi connectivity index (χ1v) is 7.78. The van der Waals surface area contributed by atoms with Gasteiger partial charge in [-0.15, -0.1) is 6.58 Å². The number of pyridine rings is 1. The third kappa shape index (κ3) is 3.70. The van der Waals surface area contributed by atoms with Gasteiger partial charge in [0.25, 0.3) is 0 Å². The van der Waals surface area contributed by atoms with E-state index < -0.39 is 0 Å². The minimum atomic E-state index is -0.0150. The smallest absolute Gasteiger partial charge is 0.0841 e. The Balaban J connectivity index is 1.57. The Bertz CT molecular complexity index is 465. The minimum absolute atomic E-state index is 0.0150. The standard InChI is InChI=1S/C17H24N2O2/c1-2-10-20-16-11-17(21-13-16)7-5-9-19(14-17)12-15-6-3-4-8-18-15/h2-4,6,8,16H,1,5,7,9-14H2/t16-,17+/m0/s1. The highest BCUT2D eigenvalue weighted by atomic mass is 16.6. The Morgan fingerprint density at radius 1 is 1.52 bits per heavy atom. The van der Waals surface area contributed by atoms with E-state index in [0.717, 1.165) is 38.2 Å². The van der Waals surface area contributed by atoms with Crippen LogP contribution in [0.1, 0.15) is 25.0 Å². The molecule has 2 aliphatic heterocycles. The number of piperidine rings is 1. The quantitative estimate of drug-likeness (QED) is 0.779. The summed E-state index contributed by atoms with van der Waals surface area (Å²) in [7, 11) is 0. The van der Waals surface area contributed by atoms with Crippen LogP contribution in [0.25, 0.3) is 0 Å². The largest absolute Gasteiger partial charge is 0.372 e. The number of aromatic nitrogens is 1. The van der Waals surface area contributed by atoms with E-state index in [2.05, 4.69) is 22.5 Å². The van der Waals surface area contributed by atoms with Crippen LogP contribution in [0.2, 0.25) is 0 Å². The van der Waals surface area contributed by atoms with E-state index in [1.54, 1.807) is 6.08 Å². The summed E-state index contributed by atoms with van der Waals surface area (Å²) in [5, 5.41) is 0. The Morgan fingerprint density at radius 3 is 3.29 bits per heavy atom. The molecule has 0 aliphatic carbocycles. The van der Waals surface area contributed by atoms with Crippen LogP contribution in [-0.4, -0.2) is 47.9 Å². The van der Waals surface area contributed by atoms with E-state index in [0.29, 0.717) is 13.2 Å². The normalized spacial score (nSPS) is 29.8. The van der Waals surface area contributed by atoms with Gasteiger partial charge in [0.1, 0.15) is 0 Å². The molecule has 1 aromatic rings. The molecule has 2 saturated heterocycles. The van der Waals surface area contributed by atoms with Crippen LogP contribution in [0, 0.1) is 0 Å². The Labute approximate surface area is 126 Å². The van der Waals surface area contributed by atoms with E-state index in [-0.39, 0.29) is 11.7 Å². The van der Waals surface area contributed by atoms with Crippen molar-refractivity contribution < 1.29 is 9.47 Å². The molecule has 114 valence electrons. The molecule has 0 N–H and O–H groups in total. The number of hydrogen-bond donors (Lipinski definition) is 0. The zero-order chi connectivity index (χ0) is 14.5. The maximum Gasteiger partial charge on any atom is 0.0841 e. The topological polar surface area (TPSA) is 34.6 Å². The molecule has 0 saturated carbocycles. The molecule has 2 fully saturated rings. The molecule has 3 rings (SSSR count). The molecule has 4 heteroatoms. The second-order valence-electron chi connectivity index (χ2n) is 6.08. The maximum atomic E-state index is 6.14. The van der Waals surface area contributed by atoms with Crippen molar-refractivity contribution in [3.05, 3.63) is 42.7 Å². The summed E-state index contributed by atoms with van der Waals surface area (Å²) < 4.78 is 11.9. The maximum absolute atomic E-state index is 6.14. The van der Waals surface area contributed by atoms with E-state index in [9.17, 15) is 0 Å². The SMILES string of the molecule is C=CCO[C@@H]1CO[C@]2(CCCN(Cc3ccccn3)C2)C1. The highest BCUT2D eigenvalue weighted by molar-refractivity contribution is 5.04. The molecule has 0 amide bonds. The highest BCUT2D eigenvalue weighted by Gasteiger charge is 2.43. The van der Waals surface area contributed by atoms with Gasteiger partial charge in [0.15, 0.2) is 0 Å². The van der Waals surface area contributed by atoms with Crippen LogP contribution in [0.4, 0.5) is 0 Å². The molecule has 0 unspecified atom stereocenters. The van der Waals surface area contributed by atoms with Crippen LogP contribution in [0.5, 0.6) is 0 Å². The van der Waals surface area contributed by atoms with E-state index in [1.807, 2.05) is 18.3 Å². The van der Waals surface area contributed by atoms with Gasteiger partial charge in [-0.2, -0.15) is 0 Å². The Kier molecular flexibility index (Phi) is 4.68. The van der Waals surface area contributed by atoms with Crippen molar-refractivity contribution in [3.63, 3.8) is 0 Å². The zero-order valence-corrected chi connectivity index (χ0v) is 12.5. The monoisotopic (exact) mass is 288 g/mol. The lowest BCUT2D eigenvalue weighted by Crippen LogP contribution is -2.47. The van der Waals surface area contributed by atoms with Crippen molar-refractivity contribution in [2.24, 2.45) is 0 Å². The molecule has 1 aromatic heterocycles. The summed E-state index contributed by atoms with van der Waals surface area (Å²) in [4.78, 5) is 6.89. The molecule has 2 atom stereocenters. The van der Waals surface area contributed by atoms with Crippen molar-refractivity contribution in [1.29, 1.82) is 0 Å². The van der Waals surface area contributed by atoms with Gasteiger partial charge < -0.3 is 9.47 Å². The average molecular weight is 288 g/mol. The fourth-order valence-electron chi connectivity index (χ4n) is 3.44. The van der Waals surface area contributed by atoms with E-state index >= 15 is 0 Å². The minimum Gasteiger partial charge on any atom is -0.372 e. The van der Waals surface area contributed by atoms with Crippen LogP contribution in [0.3, 0.4) is 0 Å². The summed E-state index contributed by atoms with van der Waals surface area (Å²) in [6.07, 6.45) is 7.21. The third-order valence-corrected chi connectivity index (χ3v) is 4.36. The zero-order valence-electron chi connectivity index (χ0n) is 12.5. The first kappa shape index (κ1) is 14.7. The molecule has 3 heterocycles. The predicted molar refractivity (Wildman–Crippen MR) is 82.0 cm³/mol. The summed E-state index contributed by atoms with van der Waals surface area (Å²) >= 11 is 0. The first-order valence-electron chi connectivity index (χ1n) is 7.78. The lowest BCUT2D eigenvalue weighted by atomic mass is 9.89. The highest BCUT2D eigenvalue weighted by Crippen LogP contribution is 2.36. The molecular formula is C17H24N2O2. The molecule has 21 heavy (non-hydrogen) atoms. The Hall–Kier alpha value is -1.23. The predicted octanol–water partition coefficient (Wildman–Crippen LogP) is 2.41. The first-order chi connectivity index (χ1) is 10.3. The van der Waals surface area contributed by atoms with Gasteiger partial charge in [-0.05, 0) is 31.5 Å². The number of hydrogen-bond acceptors (Lipinski definition) is 4.